The molecular formula is C14H19N5OS. The number of piperidine rings is 1. The number of carbonyl (C=O) groups is 1. The molecular weight excluding hydrogens is 286 g/mol. The lowest BCUT2D eigenvalue weighted by molar-refractivity contribution is -0.122. The maximum Gasteiger partial charge on any atom is 0.242 e. The number of amides is 1. The average Bonchev–Trinajstić information content (AvgIpc) is 3.17. The van der Waals surface area contributed by atoms with Gasteiger partial charge in [0.05, 0.1) is 6.54 Å². The van der Waals surface area contributed by atoms with E-state index >= 15 is 0 Å². The van der Waals surface area contributed by atoms with Crippen LogP contribution in [0.15, 0.2) is 23.8 Å². The molecule has 7 heteroatoms. The van der Waals surface area contributed by atoms with Crippen LogP contribution in [-0.4, -0.2) is 33.8 Å². The van der Waals surface area contributed by atoms with Gasteiger partial charge in [-0.3, -0.25) is 9.48 Å². The van der Waals surface area contributed by atoms with Gasteiger partial charge in [-0.1, -0.05) is 0 Å². The number of hydrogen-bond acceptors (Lipinski definition) is 5. The lowest BCUT2D eigenvalue weighted by Gasteiger charge is -2.23. The fourth-order valence-electron chi connectivity index (χ4n) is 2.63. The number of rotatable bonds is 5. The normalized spacial score (nSPS) is 18.6. The quantitative estimate of drug-likeness (QED) is 0.868. The van der Waals surface area contributed by atoms with Gasteiger partial charge in [-0.25, -0.2) is 4.98 Å². The molecule has 0 aromatic carbocycles. The van der Waals surface area contributed by atoms with E-state index in [4.69, 9.17) is 0 Å². The van der Waals surface area contributed by atoms with Crippen molar-refractivity contribution >= 4 is 17.2 Å². The Morgan fingerprint density at radius 1 is 1.52 bits per heavy atom. The molecule has 0 spiro atoms. The Morgan fingerprint density at radius 3 is 3.24 bits per heavy atom. The molecule has 1 unspecified atom stereocenters. The number of nitrogens with one attached hydrogen (secondary N) is 2. The molecule has 6 nitrogen and oxygen atoms in total. The van der Waals surface area contributed by atoms with Gasteiger partial charge < -0.3 is 10.6 Å². The summed E-state index contributed by atoms with van der Waals surface area (Å²) >= 11 is 1.54. The summed E-state index contributed by atoms with van der Waals surface area (Å²) in [5.41, 5.74) is 1.14. The molecule has 2 N–H and O–H groups in total. The van der Waals surface area contributed by atoms with Gasteiger partial charge in [-0.05, 0) is 25.5 Å². The van der Waals surface area contributed by atoms with Gasteiger partial charge in [0.1, 0.15) is 11.6 Å². The summed E-state index contributed by atoms with van der Waals surface area (Å²) in [6, 6.07) is 2.02. The van der Waals surface area contributed by atoms with Crippen LogP contribution in [0.3, 0.4) is 0 Å². The zero-order valence-corrected chi connectivity index (χ0v) is 12.6. The highest BCUT2D eigenvalue weighted by Gasteiger charge is 2.19. The van der Waals surface area contributed by atoms with Gasteiger partial charge in [0.2, 0.25) is 5.91 Å². The smallest absolute Gasteiger partial charge is 0.242 e. The highest BCUT2D eigenvalue weighted by Crippen LogP contribution is 2.22. The molecule has 1 atom stereocenters. The average molecular weight is 305 g/mol. The highest BCUT2D eigenvalue weighted by atomic mass is 32.1. The molecule has 3 rings (SSSR count). The lowest BCUT2D eigenvalue weighted by atomic mass is 9.96. The van der Waals surface area contributed by atoms with Gasteiger partial charge >= 0.3 is 0 Å². The van der Waals surface area contributed by atoms with E-state index in [-0.39, 0.29) is 12.5 Å². The minimum Gasteiger partial charge on any atom is -0.348 e. The molecule has 0 bridgehead atoms. The van der Waals surface area contributed by atoms with Gasteiger partial charge in [0, 0.05) is 35.9 Å². The molecule has 1 aliphatic heterocycles. The molecule has 1 saturated heterocycles. The molecule has 112 valence electrons. The van der Waals surface area contributed by atoms with Gasteiger partial charge in [-0.2, -0.15) is 5.10 Å². The fourth-order valence-corrected chi connectivity index (χ4v) is 3.19. The van der Waals surface area contributed by atoms with E-state index in [0.717, 1.165) is 30.2 Å². The molecule has 1 aliphatic rings. The van der Waals surface area contributed by atoms with E-state index in [1.54, 1.807) is 23.7 Å². The van der Waals surface area contributed by atoms with Crippen molar-refractivity contribution in [3.05, 3.63) is 34.5 Å². The summed E-state index contributed by atoms with van der Waals surface area (Å²) < 4.78 is 1.81. The van der Waals surface area contributed by atoms with E-state index < -0.39 is 0 Å². The van der Waals surface area contributed by atoms with E-state index in [2.05, 4.69) is 20.7 Å². The third-order valence-corrected chi connectivity index (χ3v) is 4.46. The van der Waals surface area contributed by atoms with Crippen molar-refractivity contribution < 1.29 is 4.79 Å². The first-order chi connectivity index (χ1) is 10.3. The summed E-state index contributed by atoms with van der Waals surface area (Å²) in [6.45, 7) is 2.80. The van der Waals surface area contributed by atoms with Crippen LogP contribution in [0.5, 0.6) is 0 Å². The third kappa shape index (κ3) is 3.68. The van der Waals surface area contributed by atoms with Crippen molar-refractivity contribution in [3.8, 4) is 0 Å². The van der Waals surface area contributed by atoms with Crippen LogP contribution in [-0.2, 0) is 17.9 Å². The van der Waals surface area contributed by atoms with Gasteiger partial charge in [-0.15, -0.1) is 11.3 Å². The Bertz CT molecular complexity index is 574. The first kappa shape index (κ1) is 14.2. The Hall–Kier alpha value is -1.73. The topological polar surface area (TPSA) is 71.8 Å². The first-order valence-electron chi connectivity index (χ1n) is 7.20. The van der Waals surface area contributed by atoms with E-state index in [0.29, 0.717) is 12.5 Å². The number of aromatic nitrogens is 3. The molecule has 1 amide bonds. The van der Waals surface area contributed by atoms with E-state index in [1.807, 2.05) is 16.1 Å². The molecule has 0 radical (unpaired) electrons. The van der Waals surface area contributed by atoms with Crippen molar-refractivity contribution in [2.45, 2.75) is 31.8 Å². The predicted octanol–water partition coefficient (Wildman–Crippen LogP) is 1.12. The van der Waals surface area contributed by atoms with Gasteiger partial charge in [0.25, 0.3) is 0 Å². The maximum atomic E-state index is 12.0. The molecule has 2 aromatic rings. The highest BCUT2D eigenvalue weighted by molar-refractivity contribution is 7.09. The van der Waals surface area contributed by atoms with E-state index in [1.165, 1.54) is 6.42 Å². The number of carbonyl (C=O) groups excluding carboxylic acids is 1. The number of hydrogen-bond donors (Lipinski definition) is 2. The van der Waals surface area contributed by atoms with Crippen LogP contribution < -0.4 is 10.6 Å². The summed E-state index contributed by atoms with van der Waals surface area (Å²) in [6.07, 6.45) is 5.84. The standard InChI is InChI=1S/C14H19N5OS/c20-13(17-9-14-16-6-7-21-14)10-19-12(3-5-18-19)11-2-1-4-15-8-11/h3,5-7,11,15H,1-2,4,8-10H2,(H,17,20). The van der Waals surface area contributed by atoms with Crippen molar-refractivity contribution in [1.29, 1.82) is 0 Å². The van der Waals surface area contributed by atoms with Crippen molar-refractivity contribution in [2.75, 3.05) is 13.1 Å². The van der Waals surface area contributed by atoms with Crippen LogP contribution in [0, 0.1) is 0 Å². The second-order valence-electron chi connectivity index (χ2n) is 5.16. The molecule has 1 fully saturated rings. The molecule has 21 heavy (non-hydrogen) atoms. The first-order valence-corrected chi connectivity index (χ1v) is 8.08. The monoisotopic (exact) mass is 305 g/mol. The van der Waals surface area contributed by atoms with Crippen LogP contribution in [0.2, 0.25) is 0 Å². The minimum atomic E-state index is -0.0288. The zero-order chi connectivity index (χ0) is 14.5. The van der Waals surface area contributed by atoms with E-state index in [9.17, 15) is 4.79 Å². The van der Waals surface area contributed by atoms with Crippen molar-refractivity contribution in [3.63, 3.8) is 0 Å². The Kier molecular flexibility index (Phi) is 4.62. The second kappa shape index (κ2) is 6.82. The summed E-state index contributed by atoms with van der Waals surface area (Å²) in [5.74, 6) is 0.423. The SMILES string of the molecule is O=C(Cn1nccc1C1CCCNC1)NCc1nccs1. The molecule has 2 aromatic heterocycles. The maximum absolute atomic E-state index is 12.0. The molecule has 0 aliphatic carbocycles. The van der Waals surface area contributed by atoms with Crippen LogP contribution >= 0.6 is 11.3 Å². The second-order valence-corrected chi connectivity index (χ2v) is 6.14. The minimum absolute atomic E-state index is 0.0288. The summed E-state index contributed by atoms with van der Waals surface area (Å²) in [4.78, 5) is 16.2. The van der Waals surface area contributed by atoms with Crippen molar-refractivity contribution in [1.82, 2.24) is 25.4 Å². The number of nitrogens with zero attached hydrogens (tertiary/aromatic N) is 3. The zero-order valence-electron chi connectivity index (χ0n) is 11.8. The molecule has 0 saturated carbocycles. The number of thiazole rings is 1. The van der Waals surface area contributed by atoms with Crippen LogP contribution in [0.25, 0.3) is 0 Å². The van der Waals surface area contributed by atoms with Crippen LogP contribution in [0.1, 0.15) is 29.5 Å². The predicted molar refractivity (Wildman–Crippen MR) is 81.0 cm³/mol. The fraction of sp³-hybridized carbons (Fsp3) is 0.500. The largest absolute Gasteiger partial charge is 0.348 e. The Balaban J connectivity index is 1.57. The summed E-state index contributed by atoms with van der Waals surface area (Å²) in [5, 5.41) is 13.4. The van der Waals surface area contributed by atoms with Crippen LogP contribution in [0.4, 0.5) is 0 Å². The van der Waals surface area contributed by atoms with Gasteiger partial charge in [0.15, 0.2) is 0 Å². The summed E-state index contributed by atoms with van der Waals surface area (Å²) in [7, 11) is 0. The lowest BCUT2D eigenvalue weighted by Crippen LogP contribution is -2.32. The third-order valence-electron chi connectivity index (χ3n) is 3.68. The Morgan fingerprint density at radius 2 is 2.48 bits per heavy atom. The van der Waals surface area contributed by atoms with Crippen molar-refractivity contribution in [2.24, 2.45) is 0 Å². The molecule has 3 heterocycles. The Labute approximate surface area is 127 Å².